The fraction of sp³-hybridized carbons (Fsp3) is 0.556. The molecule has 0 saturated heterocycles. The summed E-state index contributed by atoms with van der Waals surface area (Å²) in [4.78, 5) is 14.1. The van der Waals surface area contributed by atoms with Crippen molar-refractivity contribution in [1.82, 2.24) is 4.90 Å². The molecule has 126 valence electrons. The van der Waals surface area contributed by atoms with Crippen LogP contribution >= 0.6 is 0 Å². The van der Waals surface area contributed by atoms with Gasteiger partial charge in [0.25, 0.3) is 0 Å². The number of rotatable bonds is 4. The van der Waals surface area contributed by atoms with Crippen molar-refractivity contribution in [2.45, 2.75) is 58.7 Å². The van der Waals surface area contributed by atoms with Gasteiger partial charge in [0, 0.05) is 11.2 Å². The molecule has 0 radical (unpaired) electrons. The number of hydrogen-bond acceptors (Lipinski definition) is 4. The molecule has 0 heterocycles. The minimum absolute atomic E-state index is 0.240. The van der Waals surface area contributed by atoms with E-state index in [4.69, 9.17) is 4.74 Å². The maximum Gasteiger partial charge on any atom is 0.410 e. The van der Waals surface area contributed by atoms with E-state index in [1.165, 1.54) is 0 Å². The van der Waals surface area contributed by atoms with Crippen LogP contribution in [0.3, 0.4) is 0 Å². The van der Waals surface area contributed by atoms with Crippen LogP contribution in [-0.2, 0) is 4.74 Å². The van der Waals surface area contributed by atoms with Gasteiger partial charge in [0.15, 0.2) is 0 Å². The van der Waals surface area contributed by atoms with Crippen LogP contribution in [-0.4, -0.2) is 34.7 Å². The molecule has 1 aromatic rings. The third kappa shape index (κ3) is 6.60. The van der Waals surface area contributed by atoms with Gasteiger partial charge >= 0.3 is 6.09 Å². The average molecular weight is 317 g/mol. The zero-order valence-corrected chi connectivity index (χ0v) is 14.9. The predicted molar refractivity (Wildman–Crippen MR) is 92.2 cm³/mol. The van der Waals surface area contributed by atoms with E-state index in [2.05, 4.69) is 11.4 Å². The Bertz CT molecular complexity index is 550. The summed E-state index contributed by atoms with van der Waals surface area (Å²) in [5, 5.41) is 12.6. The van der Waals surface area contributed by atoms with Crippen molar-refractivity contribution in [1.29, 1.82) is 5.26 Å². The monoisotopic (exact) mass is 317 g/mol. The number of carbonyl (C=O) groups is 1. The summed E-state index contributed by atoms with van der Waals surface area (Å²) < 4.78 is 5.47. The number of carbonyl (C=O) groups excluding carboxylic acids is 1. The third-order valence-electron chi connectivity index (χ3n) is 3.06. The van der Waals surface area contributed by atoms with Gasteiger partial charge in [0.1, 0.15) is 11.6 Å². The second kappa shape index (κ2) is 7.36. The highest BCUT2D eigenvalue weighted by atomic mass is 16.6. The first kappa shape index (κ1) is 18.8. The van der Waals surface area contributed by atoms with Gasteiger partial charge in [0.2, 0.25) is 0 Å². The molecule has 0 bridgehead atoms. The quantitative estimate of drug-likeness (QED) is 0.910. The summed E-state index contributed by atoms with van der Waals surface area (Å²) in [6, 6.07) is 11.2. The normalized spacial score (nSPS) is 12.9. The molecule has 1 amide bonds. The van der Waals surface area contributed by atoms with Crippen LogP contribution in [0.4, 0.5) is 10.5 Å². The molecule has 0 fully saturated rings. The smallest absolute Gasteiger partial charge is 0.410 e. The van der Waals surface area contributed by atoms with E-state index in [0.717, 1.165) is 5.69 Å². The Labute approximate surface area is 139 Å². The van der Waals surface area contributed by atoms with Crippen LogP contribution in [0.15, 0.2) is 30.3 Å². The lowest BCUT2D eigenvalue weighted by Crippen LogP contribution is -2.51. The van der Waals surface area contributed by atoms with Crippen LogP contribution < -0.4 is 5.32 Å². The van der Waals surface area contributed by atoms with Crippen molar-refractivity contribution in [2.75, 3.05) is 11.9 Å². The van der Waals surface area contributed by atoms with Crippen molar-refractivity contribution in [2.24, 2.45) is 0 Å². The molecule has 0 aliphatic heterocycles. The van der Waals surface area contributed by atoms with E-state index >= 15 is 0 Å². The standard InChI is InChI=1S/C18H27N3O2/c1-17(2,3)21(16(22)23-18(4,5)6)13-15(12-19)20-14-10-8-7-9-11-14/h7-11,15,20H,13H2,1-6H3. The third-order valence-corrected chi connectivity index (χ3v) is 3.06. The number of nitriles is 1. The summed E-state index contributed by atoms with van der Waals surface area (Å²) in [6.07, 6.45) is -0.417. The zero-order valence-electron chi connectivity index (χ0n) is 14.9. The average Bonchev–Trinajstić information content (AvgIpc) is 2.41. The lowest BCUT2D eigenvalue weighted by Gasteiger charge is -2.38. The van der Waals surface area contributed by atoms with Gasteiger partial charge in [-0.1, -0.05) is 18.2 Å². The number of ether oxygens (including phenoxy) is 1. The fourth-order valence-electron chi connectivity index (χ4n) is 1.98. The highest BCUT2D eigenvalue weighted by Crippen LogP contribution is 2.19. The van der Waals surface area contributed by atoms with Crippen molar-refractivity contribution >= 4 is 11.8 Å². The van der Waals surface area contributed by atoms with E-state index in [1.54, 1.807) is 4.90 Å². The largest absolute Gasteiger partial charge is 0.444 e. The Morgan fingerprint density at radius 1 is 1.22 bits per heavy atom. The number of para-hydroxylation sites is 1. The van der Waals surface area contributed by atoms with Crippen LogP contribution in [0, 0.1) is 11.3 Å². The lowest BCUT2D eigenvalue weighted by atomic mass is 10.1. The van der Waals surface area contributed by atoms with E-state index in [-0.39, 0.29) is 6.54 Å². The molecule has 1 aromatic carbocycles. The second-order valence-corrected chi connectivity index (χ2v) is 7.45. The van der Waals surface area contributed by atoms with Crippen molar-refractivity contribution in [3.8, 4) is 6.07 Å². The SMILES string of the molecule is CC(C)(C)OC(=O)N(CC(C#N)Nc1ccccc1)C(C)(C)C. The van der Waals surface area contributed by atoms with Gasteiger partial charge in [-0.05, 0) is 53.7 Å². The maximum absolute atomic E-state index is 12.5. The number of anilines is 1. The summed E-state index contributed by atoms with van der Waals surface area (Å²) in [7, 11) is 0. The van der Waals surface area contributed by atoms with Gasteiger partial charge in [-0.15, -0.1) is 0 Å². The first-order chi connectivity index (χ1) is 10.5. The number of nitrogens with one attached hydrogen (secondary N) is 1. The Kier molecular flexibility index (Phi) is 6.03. The fourth-order valence-corrected chi connectivity index (χ4v) is 1.98. The zero-order chi connectivity index (χ0) is 17.7. The number of benzene rings is 1. The Morgan fingerprint density at radius 3 is 2.22 bits per heavy atom. The van der Waals surface area contributed by atoms with Crippen LogP contribution in [0.25, 0.3) is 0 Å². The Balaban J connectivity index is 2.87. The molecular weight excluding hydrogens is 290 g/mol. The molecule has 5 heteroatoms. The van der Waals surface area contributed by atoms with Crippen molar-refractivity contribution in [3.05, 3.63) is 30.3 Å². The molecule has 1 N–H and O–H groups in total. The minimum atomic E-state index is -0.574. The summed E-state index contributed by atoms with van der Waals surface area (Å²) in [5.74, 6) is 0. The molecular formula is C18H27N3O2. The van der Waals surface area contributed by atoms with Crippen molar-refractivity contribution < 1.29 is 9.53 Å². The van der Waals surface area contributed by atoms with Crippen LogP contribution in [0.2, 0.25) is 0 Å². The second-order valence-electron chi connectivity index (χ2n) is 7.45. The number of amides is 1. The Hall–Kier alpha value is -2.22. The van der Waals surface area contributed by atoms with Gasteiger partial charge in [-0.3, -0.25) is 0 Å². The molecule has 5 nitrogen and oxygen atoms in total. The minimum Gasteiger partial charge on any atom is -0.444 e. The molecule has 1 unspecified atom stereocenters. The molecule has 1 rings (SSSR count). The number of hydrogen-bond donors (Lipinski definition) is 1. The first-order valence-corrected chi connectivity index (χ1v) is 7.75. The van der Waals surface area contributed by atoms with Gasteiger partial charge < -0.3 is 15.0 Å². The van der Waals surface area contributed by atoms with Gasteiger partial charge in [0.05, 0.1) is 12.6 Å². The molecule has 0 saturated carbocycles. The van der Waals surface area contributed by atoms with E-state index < -0.39 is 23.3 Å². The first-order valence-electron chi connectivity index (χ1n) is 7.75. The predicted octanol–water partition coefficient (Wildman–Crippen LogP) is 4.03. The van der Waals surface area contributed by atoms with Crippen molar-refractivity contribution in [3.63, 3.8) is 0 Å². The highest BCUT2D eigenvalue weighted by molar-refractivity contribution is 5.69. The molecule has 0 aliphatic rings. The molecule has 0 spiro atoms. The van der Waals surface area contributed by atoms with Gasteiger partial charge in [-0.25, -0.2) is 4.79 Å². The van der Waals surface area contributed by atoms with E-state index in [1.807, 2.05) is 71.9 Å². The van der Waals surface area contributed by atoms with E-state index in [9.17, 15) is 10.1 Å². The summed E-state index contributed by atoms with van der Waals surface area (Å²) in [6.45, 7) is 11.5. The lowest BCUT2D eigenvalue weighted by molar-refractivity contribution is 0.00628. The summed E-state index contributed by atoms with van der Waals surface area (Å²) in [5.41, 5.74) is -0.178. The van der Waals surface area contributed by atoms with Crippen LogP contribution in [0.1, 0.15) is 41.5 Å². The molecule has 1 atom stereocenters. The molecule has 23 heavy (non-hydrogen) atoms. The van der Waals surface area contributed by atoms with Crippen LogP contribution in [0.5, 0.6) is 0 Å². The summed E-state index contributed by atoms with van der Waals surface area (Å²) >= 11 is 0. The van der Waals surface area contributed by atoms with Gasteiger partial charge in [-0.2, -0.15) is 5.26 Å². The Morgan fingerprint density at radius 2 is 1.78 bits per heavy atom. The highest BCUT2D eigenvalue weighted by Gasteiger charge is 2.32. The molecule has 0 aromatic heterocycles. The number of nitrogens with zero attached hydrogens (tertiary/aromatic N) is 2. The maximum atomic E-state index is 12.5. The molecule has 0 aliphatic carbocycles. The van der Waals surface area contributed by atoms with E-state index in [0.29, 0.717) is 0 Å². The topological polar surface area (TPSA) is 65.4 Å².